The number of methoxy groups -OCH3 is 1. The number of thiophene rings is 1. The van der Waals surface area contributed by atoms with E-state index in [-0.39, 0.29) is 12.1 Å². The zero-order valence-corrected chi connectivity index (χ0v) is 16.6. The quantitative estimate of drug-likeness (QED) is 0.751. The summed E-state index contributed by atoms with van der Waals surface area (Å²) in [5, 5.41) is 5.01. The van der Waals surface area contributed by atoms with Crippen LogP contribution >= 0.6 is 11.3 Å². The van der Waals surface area contributed by atoms with E-state index < -0.39 is 12.0 Å². The number of benzene rings is 1. The molecule has 148 valence electrons. The van der Waals surface area contributed by atoms with Crippen LogP contribution in [0.25, 0.3) is 0 Å². The highest BCUT2D eigenvalue weighted by atomic mass is 32.1. The normalized spacial score (nSPS) is 24.4. The van der Waals surface area contributed by atoms with Gasteiger partial charge < -0.3 is 14.8 Å². The molecule has 28 heavy (non-hydrogen) atoms. The molecular formula is C21H24N2O4S. The largest absolute Gasteiger partial charge is 0.465 e. The molecule has 0 amide bonds. The molecule has 3 fully saturated rings. The first kappa shape index (κ1) is 19.0. The molecule has 6 nitrogen and oxygen atoms in total. The summed E-state index contributed by atoms with van der Waals surface area (Å²) in [5.74, 6) is -0.292. The van der Waals surface area contributed by atoms with Gasteiger partial charge in [-0.15, -0.1) is 11.3 Å². The van der Waals surface area contributed by atoms with E-state index >= 15 is 0 Å². The van der Waals surface area contributed by atoms with Crippen LogP contribution in [0.4, 0.5) is 5.69 Å². The summed E-state index contributed by atoms with van der Waals surface area (Å²) in [6.07, 6.45) is 2.10. The Kier molecular flexibility index (Phi) is 5.64. The highest BCUT2D eigenvalue weighted by Gasteiger charge is 2.38. The predicted molar refractivity (Wildman–Crippen MR) is 108 cm³/mol. The maximum Gasteiger partial charge on any atom is 0.350 e. The Bertz CT molecular complexity index is 830. The van der Waals surface area contributed by atoms with Gasteiger partial charge in [-0.2, -0.15) is 0 Å². The molecule has 0 spiro atoms. The van der Waals surface area contributed by atoms with Gasteiger partial charge in [-0.05, 0) is 48.9 Å². The highest BCUT2D eigenvalue weighted by Crippen LogP contribution is 2.32. The maximum atomic E-state index is 13.1. The molecule has 0 radical (unpaired) electrons. The Balaban J connectivity index is 1.55. The topological polar surface area (TPSA) is 67.9 Å². The number of hydrogen-bond donors (Lipinski definition) is 1. The lowest BCUT2D eigenvalue weighted by molar-refractivity contribution is -0.159. The molecule has 2 aromatic rings. The first-order chi connectivity index (χ1) is 13.7. The number of piperidine rings is 3. The molecule has 3 aliphatic rings. The van der Waals surface area contributed by atoms with Crippen LogP contribution in [-0.4, -0.2) is 49.7 Å². The molecule has 1 aromatic carbocycles. The van der Waals surface area contributed by atoms with Crippen LogP contribution in [0, 0.1) is 5.92 Å². The third kappa shape index (κ3) is 3.91. The molecule has 0 saturated carbocycles. The molecule has 2 bridgehead atoms. The number of hydrogen-bond acceptors (Lipinski definition) is 7. The third-order valence-corrected chi connectivity index (χ3v) is 6.46. The van der Waals surface area contributed by atoms with Gasteiger partial charge >= 0.3 is 11.9 Å². The Morgan fingerprint density at radius 2 is 1.93 bits per heavy atom. The number of rotatable bonds is 6. The number of ether oxygens (including phenoxy) is 2. The van der Waals surface area contributed by atoms with E-state index in [9.17, 15) is 9.59 Å². The lowest BCUT2D eigenvalue weighted by Gasteiger charge is -2.44. The van der Waals surface area contributed by atoms with Crippen molar-refractivity contribution < 1.29 is 19.1 Å². The minimum absolute atomic E-state index is 0.0643. The number of anilines is 1. The van der Waals surface area contributed by atoms with Crippen molar-refractivity contribution in [3.05, 3.63) is 52.2 Å². The summed E-state index contributed by atoms with van der Waals surface area (Å²) in [5.41, 5.74) is 1.38. The molecule has 4 heterocycles. The van der Waals surface area contributed by atoms with Crippen molar-refractivity contribution in [2.45, 2.75) is 25.0 Å². The highest BCUT2D eigenvalue weighted by molar-refractivity contribution is 7.12. The molecule has 1 N–H and O–H groups in total. The molecule has 3 saturated heterocycles. The molecule has 0 aliphatic carbocycles. The van der Waals surface area contributed by atoms with Crippen molar-refractivity contribution in [2.75, 3.05) is 32.1 Å². The number of nitrogens with zero attached hydrogens (tertiary/aromatic N) is 1. The van der Waals surface area contributed by atoms with Crippen LogP contribution in [-0.2, 0) is 14.3 Å². The van der Waals surface area contributed by atoms with Gasteiger partial charge in [0.15, 0.2) is 6.04 Å². The first-order valence-corrected chi connectivity index (χ1v) is 10.4. The SMILES string of the molecule is COC(=O)c1sccc1NC(C(=O)OC1CN2CCC1CC2)c1ccccc1. The monoisotopic (exact) mass is 400 g/mol. The summed E-state index contributed by atoms with van der Waals surface area (Å²) in [7, 11) is 1.35. The number of carbonyl (C=O) groups is 2. The molecule has 5 rings (SSSR count). The van der Waals surface area contributed by atoms with Gasteiger partial charge in [0.05, 0.1) is 12.8 Å². The Hall–Kier alpha value is -2.38. The van der Waals surface area contributed by atoms with Crippen molar-refractivity contribution in [1.29, 1.82) is 0 Å². The van der Waals surface area contributed by atoms with Crippen LogP contribution in [0.3, 0.4) is 0 Å². The number of esters is 2. The van der Waals surface area contributed by atoms with Crippen LogP contribution in [0.2, 0.25) is 0 Å². The zero-order valence-electron chi connectivity index (χ0n) is 15.8. The summed E-state index contributed by atoms with van der Waals surface area (Å²) in [4.78, 5) is 28.0. The van der Waals surface area contributed by atoms with Gasteiger partial charge in [-0.25, -0.2) is 9.59 Å². The smallest absolute Gasteiger partial charge is 0.350 e. The van der Waals surface area contributed by atoms with Crippen molar-refractivity contribution in [2.24, 2.45) is 5.92 Å². The second-order valence-corrected chi connectivity index (χ2v) is 8.17. The first-order valence-electron chi connectivity index (χ1n) is 9.56. The third-order valence-electron chi connectivity index (χ3n) is 5.57. The maximum absolute atomic E-state index is 13.1. The second kappa shape index (κ2) is 8.32. The summed E-state index contributed by atoms with van der Waals surface area (Å²) >= 11 is 1.28. The van der Waals surface area contributed by atoms with Crippen molar-refractivity contribution in [3.8, 4) is 0 Å². The minimum atomic E-state index is -0.686. The lowest BCUT2D eigenvalue weighted by atomic mass is 9.86. The van der Waals surface area contributed by atoms with Gasteiger partial charge in [0.25, 0.3) is 0 Å². The molecule has 2 unspecified atom stereocenters. The predicted octanol–water partition coefficient (Wildman–Crippen LogP) is 3.33. The van der Waals surface area contributed by atoms with Crippen molar-refractivity contribution in [1.82, 2.24) is 4.90 Å². The molecule has 1 aromatic heterocycles. The van der Waals surface area contributed by atoms with Gasteiger partial charge in [0.2, 0.25) is 0 Å². The van der Waals surface area contributed by atoms with E-state index in [2.05, 4.69) is 10.2 Å². The number of fused-ring (bicyclic) bond motifs is 3. The fraction of sp³-hybridized carbons (Fsp3) is 0.429. The fourth-order valence-electron chi connectivity index (χ4n) is 4.01. The van der Waals surface area contributed by atoms with E-state index in [0.717, 1.165) is 38.0 Å². The van der Waals surface area contributed by atoms with E-state index in [1.165, 1.54) is 18.4 Å². The van der Waals surface area contributed by atoms with Gasteiger partial charge in [-0.1, -0.05) is 30.3 Å². The van der Waals surface area contributed by atoms with Crippen molar-refractivity contribution in [3.63, 3.8) is 0 Å². The lowest BCUT2D eigenvalue weighted by Crippen LogP contribution is -2.52. The fourth-order valence-corrected chi connectivity index (χ4v) is 4.79. The number of carbonyl (C=O) groups excluding carboxylic acids is 2. The zero-order chi connectivity index (χ0) is 19.5. The molecule has 2 atom stereocenters. The van der Waals surface area contributed by atoms with E-state index in [1.54, 1.807) is 11.4 Å². The Morgan fingerprint density at radius 1 is 1.18 bits per heavy atom. The minimum Gasteiger partial charge on any atom is -0.465 e. The summed E-state index contributed by atoms with van der Waals surface area (Å²) in [6, 6.07) is 10.6. The van der Waals surface area contributed by atoms with Crippen LogP contribution in [0.5, 0.6) is 0 Å². The van der Waals surface area contributed by atoms with Gasteiger partial charge in [0, 0.05) is 6.54 Å². The van der Waals surface area contributed by atoms with Gasteiger partial charge in [-0.3, -0.25) is 4.90 Å². The Morgan fingerprint density at radius 3 is 2.57 bits per heavy atom. The van der Waals surface area contributed by atoms with E-state index in [4.69, 9.17) is 9.47 Å². The van der Waals surface area contributed by atoms with E-state index in [0.29, 0.717) is 16.5 Å². The van der Waals surface area contributed by atoms with E-state index in [1.807, 2.05) is 30.3 Å². The average Bonchev–Trinajstić information content (AvgIpc) is 3.21. The standard InChI is InChI=1S/C21H24N2O4S/c1-26-21(25)19-16(9-12-28-19)22-18(15-5-3-2-4-6-15)20(24)27-17-13-23-10-7-14(17)8-11-23/h2-6,9,12,14,17-18,22H,7-8,10-11,13H2,1H3. The summed E-state index contributed by atoms with van der Waals surface area (Å²) in [6.45, 7) is 3.00. The Labute approximate surface area is 168 Å². The van der Waals surface area contributed by atoms with Crippen LogP contribution in [0.1, 0.15) is 34.1 Å². The molecule has 7 heteroatoms. The van der Waals surface area contributed by atoms with Gasteiger partial charge in [0.1, 0.15) is 11.0 Å². The summed E-state index contributed by atoms with van der Waals surface area (Å²) < 4.78 is 10.8. The van der Waals surface area contributed by atoms with Crippen LogP contribution in [0.15, 0.2) is 41.8 Å². The van der Waals surface area contributed by atoms with Crippen LogP contribution < -0.4 is 5.32 Å². The van der Waals surface area contributed by atoms with Crippen molar-refractivity contribution >= 4 is 29.0 Å². The second-order valence-electron chi connectivity index (χ2n) is 7.26. The number of nitrogens with one attached hydrogen (secondary N) is 1. The molecule has 3 aliphatic heterocycles. The molecular weight excluding hydrogens is 376 g/mol. The average molecular weight is 401 g/mol.